The van der Waals surface area contributed by atoms with Gasteiger partial charge < -0.3 is 43.8 Å². The minimum absolute atomic E-state index is 0.0311. The van der Waals surface area contributed by atoms with Crippen molar-refractivity contribution in [3.05, 3.63) is 46.5 Å². The van der Waals surface area contributed by atoms with E-state index >= 15 is 0 Å². The molecule has 3 aliphatic heterocycles. The Kier molecular flexibility index (Phi) is 13.0. The highest BCUT2D eigenvalue weighted by Gasteiger charge is 2.71. The van der Waals surface area contributed by atoms with Gasteiger partial charge in [0.25, 0.3) is 0 Å². The lowest BCUT2D eigenvalue weighted by atomic mass is 9.72. The number of nitrogens with zero attached hydrogens (tertiary/aromatic N) is 2. The molecule has 53 heavy (non-hydrogen) atoms. The quantitative estimate of drug-likeness (QED) is 0.246. The van der Waals surface area contributed by atoms with Gasteiger partial charge in [-0.1, -0.05) is 56.2 Å². The number of carbonyl (C=O) groups is 4. The van der Waals surface area contributed by atoms with Crippen LogP contribution in [0.15, 0.2) is 35.9 Å². The van der Waals surface area contributed by atoms with Gasteiger partial charge in [0.15, 0.2) is 5.72 Å². The summed E-state index contributed by atoms with van der Waals surface area (Å²) >= 11 is 11.2. The monoisotopic (exact) mass is 778 g/mol. The zero-order valence-electron chi connectivity index (χ0n) is 32.0. The van der Waals surface area contributed by atoms with E-state index in [2.05, 4.69) is 17.9 Å². The second-order valence-corrected chi connectivity index (χ2v) is 17.0. The maximum absolute atomic E-state index is 13.8. The predicted molar refractivity (Wildman–Crippen MR) is 201 cm³/mol. The highest BCUT2D eigenvalue weighted by molar-refractivity contribution is 7.81. The normalized spacial score (nSPS) is 31.6. The highest BCUT2D eigenvalue weighted by atomic mass is 35.5. The van der Waals surface area contributed by atoms with Gasteiger partial charge in [0.2, 0.25) is 11.8 Å². The smallest absolute Gasteiger partial charge is 0.409 e. The summed E-state index contributed by atoms with van der Waals surface area (Å²) in [5, 5.41) is 27.4. The molecular weight excluding hydrogens is 726 g/mol. The van der Waals surface area contributed by atoms with Crippen LogP contribution in [0.2, 0.25) is 5.02 Å². The molecule has 0 unspecified atom stereocenters. The first-order valence-corrected chi connectivity index (χ1v) is 18.5. The van der Waals surface area contributed by atoms with Gasteiger partial charge in [-0.3, -0.25) is 14.9 Å². The Balaban J connectivity index is 1.80. The number of amides is 3. The van der Waals surface area contributed by atoms with Crippen molar-refractivity contribution in [3.63, 3.8) is 0 Å². The van der Waals surface area contributed by atoms with E-state index in [1.54, 1.807) is 39.1 Å². The summed E-state index contributed by atoms with van der Waals surface area (Å²) in [6.07, 6.45) is 2.90. The number of hydrogen-bond acceptors (Lipinski definition) is 11. The lowest BCUT2D eigenvalue weighted by Crippen LogP contribution is -2.64. The number of thiol groups is 1. The van der Waals surface area contributed by atoms with E-state index in [9.17, 15) is 29.4 Å². The number of anilines is 1. The zero-order valence-corrected chi connectivity index (χ0v) is 33.6. The largest absolute Gasteiger partial charge is 0.548 e. The molecule has 3 amide bonds. The van der Waals surface area contributed by atoms with Gasteiger partial charge in [-0.25, -0.2) is 4.79 Å². The number of likely N-dealkylation sites (N-methyl/N-ethyl adjacent to an activating group) is 1. The number of carboxylic acid groups (broad SMARTS) is 1. The van der Waals surface area contributed by atoms with Crippen LogP contribution < -0.4 is 20.1 Å². The van der Waals surface area contributed by atoms with Crippen LogP contribution in [-0.2, 0) is 35.0 Å². The fourth-order valence-corrected chi connectivity index (χ4v) is 7.94. The third-order valence-electron chi connectivity index (χ3n) is 10.9. The molecule has 0 saturated carbocycles. The first-order chi connectivity index (χ1) is 24.6. The molecule has 294 valence electrons. The number of methoxy groups -OCH3 is 2. The SMILES string of the molecule is COc1cc2cc(c1Cl)N(C)C(=O)CC[C@]1(C)O[C@@]1(C[C@@H](C(=O)[O-])N(C)C(=O)CCC(C)(C)S)[C@H](C)[C@@H]1C[C@@](O)(NC(=O)O1)[C@H](OC)/C=C/C=C(\C)C2. The number of ether oxygens (including phenoxy) is 4. The van der Waals surface area contributed by atoms with Crippen LogP contribution >= 0.6 is 24.2 Å². The number of nitrogens with one attached hydrogen (secondary N) is 1. The lowest BCUT2D eigenvalue weighted by Gasteiger charge is -2.44. The number of allylic oxidation sites excluding steroid dienone is 3. The molecule has 4 bridgehead atoms. The van der Waals surface area contributed by atoms with Gasteiger partial charge in [-0.15, -0.1) is 0 Å². The number of fused-ring (bicyclic) bond motifs is 5. The highest BCUT2D eigenvalue weighted by Crippen LogP contribution is 2.60. The molecule has 13 nitrogen and oxygen atoms in total. The molecule has 0 aliphatic carbocycles. The van der Waals surface area contributed by atoms with Crippen LogP contribution in [0, 0.1) is 5.92 Å². The van der Waals surface area contributed by atoms with Gasteiger partial charge in [0.05, 0.1) is 30.4 Å². The third kappa shape index (κ3) is 9.33. The molecular formula is C38H53ClN3O10S-. The van der Waals surface area contributed by atoms with Crippen LogP contribution in [0.3, 0.4) is 0 Å². The summed E-state index contributed by atoms with van der Waals surface area (Å²) in [4.78, 5) is 55.6. The van der Waals surface area contributed by atoms with Gasteiger partial charge in [0.1, 0.15) is 28.6 Å². The summed E-state index contributed by atoms with van der Waals surface area (Å²) in [6.45, 7) is 9.14. The first kappa shape index (κ1) is 42.4. The Morgan fingerprint density at radius 3 is 2.57 bits per heavy atom. The van der Waals surface area contributed by atoms with Crippen molar-refractivity contribution in [2.75, 3.05) is 33.2 Å². The molecule has 1 aromatic rings. The number of halogens is 1. The summed E-state index contributed by atoms with van der Waals surface area (Å²) in [6, 6.07) is 2.18. The summed E-state index contributed by atoms with van der Waals surface area (Å²) < 4.78 is 23.0. The Hall–Kier alpha value is -3.30. The molecule has 0 spiro atoms. The second-order valence-electron chi connectivity index (χ2n) is 15.4. The molecule has 15 heteroatoms. The van der Waals surface area contributed by atoms with E-state index in [0.717, 1.165) is 16.0 Å². The van der Waals surface area contributed by atoms with Crippen LogP contribution in [0.5, 0.6) is 5.75 Å². The standard InChI is InChI=1S/C38H54ClN3O10S/c1-22-11-10-12-29(50-9)38(48)21-28(51-34(47)40-38)23(2)37(20-26(33(45)46)42(7)30(43)13-15-35(3,4)53)36(5,52-37)16-14-31(44)41(6)25-18-24(17-22)19-27(49-8)32(25)39/h10-12,18-19,23,26,28-29,48,53H,13-17,20-21H2,1-9H3,(H,40,47)(H,45,46)/p-1/b12-10+,22-11+/t23-,26+,28+,29-,36+,37+,38+/m1/s1. The minimum Gasteiger partial charge on any atom is -0.548 e. The van der Waals surface area contributed by atoms with Crippen LogP contribution in [0.4, 0.5) is 10.5 Å². The molecule has 4 rings (SSSR count). The fourth-order valence-electron chi connectivity index (χ4n) is 7.51. The number of benzene rings is 1. The molecule has 1 aromatic carbocycles. The number of carbonyl (C=O) groups excluding carboxylic acids is 4. The Labute approximate surface area is 322 Å². The van der Waals surface area contributed by atoms with E-state index in [0.29, 0.717) is 24.3 Å². The topological polar surface area (TPSA) is 170 Å². The van der Waals surface area contributed by atoms with Gasteiger partial charge in [-0.05, 0) is 50.8 Å². The third-order valence-corrected chi connectivity index (χ3v) is 11.6. The van der Waals surface area contributed by atoms with Crippen molar-refractivity contribution in [1.82, 2.24) is 10.2 Å². The van der Waals surface area contributed by atoms with Gasteiger partial charge in [-0.2, -0.15) is 12.6 Å². The molecule has 0 radical (unpaired) electrons. The van der Waals surface area contributed by atoms with Crippen molar-refractivity contribution in [2.45, 2.75) is 119 Å². The minimum atomic E-state index is -1.92. The number of rotatable bonds is 9. The molecule has 2 fully saturated rings. The Bertz CT molecular complexity index is 1650. The second kappa shape index (κ2) is 16.2. The van der Waals surface area contributed by atoms with Crippen LogP contribution in [0.25, 0.3) is 0 Å². The fraction of sp³-hybridized carbons (Fsp3) is 0.632. The van der Waals surface area contributed by atoms with Crippen molar-refractivity contribution < 1.29 is 48.3 Å². The Morgan fingerprint density at radius 2 is 1.96 bits per heavy atom. The van der Waals surface area contributed by atoms with Crippen molar-refractivity contribution in [3.8, 4) is 5.75 Å². The van der Waals surface area contributed by atoms with E-state index in [-0.39, 0.29) is 43.0 Å². The van der Waals surface area contributed by atoms with E-state index in [1.807, 2.05) is 32.9 Å². The molecule has 7 atom stereocenters. The van der Waals surface area contributed by atoms with E-state index in [1.165, 1.54) is 26.2 Å². The molecule has 0 aromatic heterocycles. The zero-order chi connectivity index (χ0) is 39.7. The maximum Gasteiger partial charge on any atom is 0.409 e. The van der Waals surface area contributed by atoms with Crippen LogP contribution in [0.1, 0.15) is 78.7 Å². The number of epoxide rings is 1. The van der Waals surface area contributed by atoms with Crippen molar-refractivity contribution >= 4 is 53.8 Å². The van der Waals surface area contributed by atoms with Crippen LogP contribution in [-0.4, -0.2) is 102 Å². The lowest BCUT2D eigenvalue weighted by molar-refractivity contribution is -0.311. The first-order valence-electron chi connectivity index (χ1n) is 17.7. The summed E-state index contributed by atoms with van der Waals surface area (Å²) in [5.74, 6) is -2.56. The number of alkyl carbamates (subject to hydrolysis) is 1. The van der Waals surface area contributed by atoms with E-state index in [4.69, 9.17) is 30.5 Å². The summed E-state index contributed by atoms with van der Waals surface area (Å²) in [5.41, 5.74) is -2.19. The molecule has 3 aliphatic rings. The van der Waals surface area contributed by atoms with Gasteiger partial charge in [0, 0.05) is 57.6 Å². The number of carboxylic acids is 1. The molecule has 2 saturated heterocycles. The van der Waals surface area contributed by atoms with Crippen molar-refractivity contribution in [2.24, 2.45) is 5.92 Å². The molecule has 2 N–H and O–H groups in total. The number of hydrogen-bond donors (Lipinski definition) is 3. The summed E-state index contributed by atoms with van der Waals surface area (Å²) in [7, 11) is 5.92. The number of aliphatic carboxylic acids is 1. The average molecular weight is 779 g/mol. The average Bonchev–Trinajstić information content (AvgIpc) is 3.69. The number of aliphatic hydroxyl groups is 1. The van der Waals surface area contributed by atoms with Gasteiger partial charge >= 0.3 is 6.09 Å². The predicted octanol–water partition coefficient (Wildman–Crippen LogP) is 3.97. The Morgan fingerprint density at radius 1 is 1.28 bits per heavy atom. The van der Waals surface area contributed by atoms with E-state index < -0.39 is 63.8 Å². The maximum atomic E-state index is 13.8. The molecule has 3 heterocycles. The van der Waals surface area contributed by atoms with Crippen molar-refractivity contribution in [1.29, 1.82) is 0 Å².